The third kappa shape index (κ3) is 8.75. The quantitative estimate of drug-likeness (QED) is 0.131. The third-order valence-electron chi connectivity index (χ3n) is 9.24. The van der Waals surface area contributed by atoms with E-state index in [-0.39, 0.29) is 5.43 Å². The van der Waals surface area contributed by atoms with Crippen molar-refractivity contribution in [3.63, 3.8) is 0 Å². The zero-order valence-electron chi connectivity index (χ0n) is 31.1. The number of halogens is 2. The van der Waals surface area contributed by atoms with E-state index in [1.54, 1.807) is 0 Å². The van der Waals surface area contributed by atoms with Crippen molar-refractivity contribution in [3.05, 3.63) is 155 Å². The van der Waals surface area contributed by atoms with Gasteiger partial charge in [-0.05, 0) is 88.1 Å². The molecule has 0 saturated heterocycles. The molecule has 6 aromatic carbocycles. The maximum atomic E-state index is 5.79. The van der Waals surface area contributed by atoms with E-state index in [4.69, 9.17) is 25.9 Å². The Labute approximate surface area is 323 Å². The summed E-state index contributed by atoms with van der Waals surface area (Å²) >= 11 is -1.65. The Hall–Kier alpha value is -3.66. The Morgan fingerprint density at radius 1 is 0.519 bits per heavy atom. The summed E-state index contributed by atoms with van der Waals surface area (Å²) < 4.78 is 11.6. The van der Waals surface area contributed by atoms with Crippen LogP contribution in [0, 0.1) is 41.5 Å². The molecule has 0 aliphatic rings. The Morgan fingerprint density at radius 2 is 0.923 bits per heavy atom. The molecule has 264 valence electrons. The van der Waals surface area contributed by atoms with Gasteiger partial charge in [0.2, 0.25) is 0 Å². The van der Waals surface area contributed by atoms with Crippen LogP contribution in [-0.4, -0.2) is 5.43 Å². The van der Waals surface area contributed by atoms with E-state index >= 15 is 0 Å². The van der Waals surface area contributed by atoms with Crippen molar-refractivity contribution in [1.82, 2.24) is 0 Å². The maximum Gasteiger partial charge on any atom is 0.0896 e. The Bertz CT molecular complexity index is 2360. The van der Waals surface area contributed by atoms with E-state index in [1.165, 1.54) is 66.1 Å². The summed E-state index contributed by atoms with van der Waals surface area (Å²) in [7, 11) is 11.2. The average molecular weight is 819 g/mol. The maximum absolute atomic E-state index is 5.79. The van der Waals surface area contributed by atoms with Crippen LogP contribution in [0.15, 0.2) is 130 Å². The molecular weight excluding hydrogens is 775 g/mol. The van der Waals surface area contributed by atoms with Gasteiger partial charge in [0.05, 0.1) is 23.0 Å². The van der Waals surface area contributed by atoms with Crippen LogP contribution in [0.1, 0.15) is 33.8 Å². The molecule has 2 heterocycles. The first-order chi connectivity index (χ1) is 24.9. The summed E-state index contributed by atoms with van der Waals surface area (Å²) in [5.41, 5.74) is 12.4. The molecule has 52 heavy (non-hydrogen) atoms. The van der Waals surface area contributed by atoms with Gasteiger partial charge in [0.15, 0.2) is 0 Å². The molecule has 0 bridgehead atoms. The smallest absolute Gasteiger partial charge is 0.0896 e. The monoisotopic (exact) mass is 816 g/mol. The Balaban J connectivity index is 0.000000155. The average Bonchev–Trinajstić information content (AvgIpc) is 3.91. The van der Waals surface area contributed by atoms with Gasteiger partial charge < -0.3 is 8.83 Å². The largest absolute Gasteiger partial charge is 0.496 e. The molecule has 6 heteroatoms. The summed E-state index contributed by atoms with van der Waals surface area (Å²) in [6.45, 7) is 16.9. The molecule has 8 aromatic rings. The Morgan fingerprint density at radius 3 is 1.25 bits per heavy atom. The molecule has 2 nitrogen and oxygen atoms in total. The first kappa shape index (κ1) is 38.1. The minimum absolute atomic E-state index is 0.224. The zero-order valence-corrected chi connectivity index (χ0v) is 36.1. The number of aryl methyl sites for hydroxylation is 6. The van der Waals surface area contributed by atoms with Gasteiger partial charge in [0.25, 0.3) is 0 Å². The van der Waals surface area contributed by atoms with Gasteiger partial charge in [0.1, 0.15) is 0 Å². The van der Waals surface area contributed by atoms with E-state index < -0.39 is 18.0 Å². The third-order valence-corrected chi connectivity index (χ3v) is 29.0. The van der Waals surface area contributed by atoms with E-state index in [0.29, 0.717) is 0 Å². The van der Waals surface area contributed by atoms with Crippen LogP contribution in [0.3, 0.4) is 0 Å². The number of hydrogen-bond donors (Lipinski definition) is 0. The van der Waals surface area contributed by atoms with E-state index in [2.05, 4.69) is 138 Å². The molecule has 0 aliphatic heterocycles. The summed E-state index contributed by atoms with van der Waals surface area (Å²) in [6, 6.07) is 43.3. The summed E-state index contributed by atoms with van der Waals surface area (Å²) in [6.07, 6.45) is 0. The minimum atomic E-state index is -1.65. The van der Waals surface area contributed by atoms with E-state index in [1.807, 2.05) is 38.1 Å². The van der Waals surface area contributed by atoms with Crippen LogP contribution in [0.2, 0.25) is 13.1 Å². The summed E-state index contributed by atoms with van der Waals surface area (Å²) in [5, 5.41) is 5.10. The van der Waals surface area contributed by atoms with Crippen LogP contribution in [0.25, 0.3) is 66.4 Å². The first-order valence-electron chi connectivity index (χ1n) is 17.5. The van der Waals surface area contributed by atoms with Gasteiger partial charge in [0, 0.05) is 0 Å². The predicted molar refractivity (Wildman–Crippen MR) is 223 cm³/mol. The van der Waals surface area contributed by atoms with Crippen molar-refractivity contribution in [2.24, 2.45) is 0 Å². The molecule has 0 N–H and O–H groups in total. The number of furan rings is 2. The van der Waals surface area contributed by atoms with Crippen molar-refractivity contribution in [2.45, 2.75) is 54.6 Å². The first-order valence-corrected chi connectivity index (χ1v) is 30.1. The summed E-state index contributed by atoms with van der Waals surface area (Å²) in [4.78, 5) is 0. The molecule has 0 saturated carbocycles. The molecular formula is C46H44Cl2O2SiZr-2. The number of fused-ring (bicyclic) bond motifs is 2. The number of rotatable bonds is 4. The van der Waals surface area contributed by atoms with Gasteiger partial charge in [-0.3, -0.25) is 0 Å². The fourth-order valence-corrected chi connectivity index (χ4v) is 6.61. The molecule has 0 radical (unpaired) electrons. The molecule has 0 fully saturated rings. The standard InChI is InChI=1S/2C22H19O.C2H6Si.2ClH.Zr/c2*1-14-5-4-6-18(11-14)22-15(2)7-9-17-12-19(13-20(17)22)21-10-8-16(3)23-21;1-3-2;;;/h2*4-13H,1-3H3;1-2H3;2*1H;/q2*-1;;;;+2/p-2. The van der Waals surface area contributed by atoms with Crippen molar-refractivity contribution in [1.29, 1.82) is 0 Å². The van der Waals surface area contributed by atoms with Crippen LogP contribution in [-0.2, 0) is 18.0 Å². The molecule has 0 aliphatic carbocycles. The topological polar surface area (TPSA) is 26.3 Å². The second-order valence-corrected chi connectivity index (χ2v) is 36.8. The summed E-state index contributed by atoms with van der Waals surface area (Å²) in [5.74, 6) is 3.76. The van der Waals surface area contributed by atoms with Crippen LogP contribution < -0.4 is 0 Å². The van der Waals surface area contributed by atoms with E-state index in [9.17, 15) is 0 Å². The molecule has 0 unspecified atom stereocenters. The van der Waals surface area contributed by atoms with Gasteiger partial charge in [-0.2, -0.15) is 0 Å². The second kappa shape index (κ2) is 16.6. The zero-order chi connectivity index (χ0) is 37.1. The number of benzene rings is 4. The fourth-order valence-electron chi connectivity index (χ4n) is 6.61. The van der Waals surface area contributed by atoms with Crippen molar-refractivity contribution < 1.29 is 26.8 Å². The Kier molecular flexibility index (Phi) is 12.1. The second-order valence-electron chi connectivity index (χ2n) is 13.8. The van der Waals surface area contributed by atoms with Crippen molar-refractivity contribution >= 4 is 44.0 Å². The molecule has 0 spiro atoms. The molecule has 0 atom stereocenters. The SMILES string of the molecule is C[Si](C)=[Zr]([Cl])[Cl].Cc1cccc(-c2c(C)ccc3[cH-]c(-c4ccc(C)o4)cc23)c1.Cc1cccc(-c2c(C)ccc3[cH-]c(-c4ccc(C)o4)cc23)c1. The van der Waals surface area contributed by atoms with Crippen LogP contribution >= 0.6 is 17.0 Å². The van der Waals surface area contributed by atoms with Gasteiger partial charge in [-0.25, -0.2) is 0 Å². The normalized spacial score (nSPS) is 10.9. The fraction of sp³-hybridized carbons (Fsp3) is 0.174. The van der Waals surface area contributed by atoms with Crippen LogP contribution in [0.4, 0.5) is 0 Å². The van der Waals surface area contributed by atoms with Gasteiger partial charge in [-0.15, -0.1) is 57.9 Å². The number of hydrogen-bond acceptors (Lipinski definition) is 2. The molecule has 2 aromatic heterocycles. The van der Waals surface area contributed by atoms with Gasteiger partial charge >= 0.3 is 53.5 Å². The predicted octanol–water partition coefficient (Wildman–Crippen LogP) is 15.0. The molecule has 8 rings (SSSR count). The van der Waals surface area contributed by atoms with Crippen LogP contribution in [0.5, 0.6) is 0 Å². The van der Waals surface area contributed by atoms with Crippen molar-refractivity contribution in [2.75, 3.05) is 0 Å². The van der Waals surface area contributed by atoms with Gasteiger partial charge in [-0.1, -0.05) is 94.0 Å². The van der Waals surface area contributed by atoms with E-state index in [0.717, 1.165) is 34.2 Å². The molecule has 0 amide bonds. The minimum Gasteiger partial charge on any atom is -0.496 e. The van der Waals surface area contributed by atoms with Crippen molar-refractivity contribution in [3.8, 4) is 44.9 Å².